The molecule has 0 aliphatic carbocycles. The number of rotatable bonds is 4. The third-order valence-electron chi connectivity index (χ3n) is 5.05. The second-order valence-corrected chi connectivity index (χ2v) is 6.73. The van der Waals surface area contributed by atoms with Gasteiger partial charge in [0, 0.05) is 19.1 Å². The summed E-state index contributed by atoms with van der Waals surface area (Å²) in [6, 6.07) is 8.99. The van der Waals surface area contributed by atoms with Crippen LogP contribution in [0.4, 0.5) is 0 Å². The average Bonchev–Trinajstić information content (AvgIpc) is 2.97. The summed E-state index contributed by atoms with van der Waals surface area (Å²) in [6.07, 6.45) is 5.04. The van der Waals surface area contributed by atoms with Gasteiger partial charge in [-0.1, -0.05) is 36.2 Å². The molecule has 0 saturated carbocycles. The number of hydrogen-bond donors (Lipinski definition) is 1. The van der Waals surface area contributed by atoms with Gasteiger partial charge >= 0.3 is 0 Å². The number of aliphatic hydroxyl groups is 1. The van der Waals surface area contributed by atoms with Crippen molar-refractivity contribution in [3.05, 3.63) is 35.4 Å². The van der Waals surface area contributed by atoms with E-state index in [9.17, 15) is 5.11 Å². The van der Waals surface area contributed by atoms with Crippen LogP contribution in [0, 0.1) is 6.92 Å². The number of hydrogen-bond acceptors (Lipinski definition) is 3. The summed E-state index contributed by atoms with van der Waals surface area (Å²) in [5.74, 6) is 0. The van der Waals surface area contributed by atoms with Crippen LogP contribution in [0.15, 0.2) is 24.3 Å². The normalized spacial score (nSPS) is 26.1. The fraction of sp³-hybridized carbons (Fsp3) is 0.667. The molecule has 1 N–H and O–H groups in total. The maximum atomic E-state index is 10.4. The Bertz CT molecular complexity index is 439. The third-order valence-corrected chi connectivity index (χ3v) is 5.05. The average molecular weight is 288 g/mol. The molecule has 0 spiro atoms. The van der Waals surface area contributed by atoms with E-state index in [-0.39, 0.29) is 6.10 Å². The summed E-state index contributed by atoms with van der Waals surface area (Å²) in [7, 11) is 0. The van der Waals surface area contributed by atoms with E-state index in [0.29, 0.717) is 0 Å². The predicted octanol–water partition coefficient (Wildman–Crippen LogP) is 2.59. The Labute approximate surface area is 128 Å². The van der Waals surface area contributed by atoms with Gasteiger partial charge in [-0.25, -0.2) is 0 Å². The number of nitrogens with zero attached hydrogens (tertiary/aromatic N) is 2. The monoisotopic (exact) mass is 288 g/mol. The molecule has 2 unspecified atom stereocenters. The van der Waals surface area contributed by atoms with Crippen LogP contribution in [0.1, 0.15) is 42.9 Å². The van der Waals surface area contributed by atoms with Gasteiger partial charge in [0.05, 0.1) is 6.10 Å². The van der Waals surface area contributed by atoms with Crippen LogP contribution in [-0.2, 0) is 0 Å². The lowest BCUT2D eigenvalue weighted by Crippen LogP contribution is -2.41. The highest BCUT2D eigenvalue weighted by molar-refractivity contribution is 5.23. The van der Waals surface area contributed by atoms with E-state index < -0.39 is 0 Å². The molecule has 3 nitrogen and oxygen atoms in total. The van der Waals surface area contributed by atoms with Crippen molar-refractivity contribution in [2.45, 2.75) is 44.8 Å². The van der Waals surface area contributed by atoms with Crippen LogP contribution in [0.25, 0.3) is 0 Å². The van der Waals surface area contributed by atoms with Crippen molar-refractivity contribution in [1.29, 1.82) is 0 Å². The third kappa shape index (κ3) is 3.85. The molecular formula is C18H28N2O. The van der Waals surface area contributed by atoms with Gasteiger partial charge in [0.25, 0.3) is 0 Å². The van der Waals surface area contributed by atoms with Crippen molar-refractivity contribution in [3.8, 4) is 0 Å². The lowest BCUT2D eigenvalue weighted by atomic mass is 10.1. The highest BCUT2D eigenvalue weighted by Crippen LogP contribution is 2.22. The van der Waals surface area contributed by atoms with Crippen LogP contribution >= 0.6 is 0 Å². The van der Waals surface area contributed by atoms with Crippen molar-refractivity contribution < 1.29 is 5.11 Å². The van der Waals surface area contributed by atoms with Gasteiger partial charge < -0.3 is 5.11 Å². The topological polar surface area (TPSA) is 26.7 Å². The molecule has 0 aromatic heterocycles. The van der Waals surface area contributed by atoms with E-state index in [0.717, 1.165) is 31.2 Å². The van der Waals surface area contributed by atoms with Crippen LogP contribution in [0.5, 0.6) is 0 Å². The van der Waals surface area contributed by atoms with E-state index in [1.807, 2.05) is 0 Å². The van der Waals surface area contributed by atoms with Crippen molar-refractivity contribution in [2.24, 2.45) is 0 Å². The van der Waals surface area contributed by atoms with Crippen LogP contribution in [-0.4, -0.2) is 53.7 Å². The second kappa shape index (κ2) is 6.91. The fourth-order valence-corrected chi connectivity index (χ4v) is 3.70. The molecule has 2 heterocycles. The minimum atomic E-state index is -0.356. The lowest BCUT2D eigenvalue weighted by molar-refractivity contribution is 0.114. The molecule has 21 heavy (non-hydrogen) atoms. The molecule has 0 amide bonds. The zero-order valence-corrected chi connectivity index (χ0v) is 13.2. The Kier molecular flexibility index (Phi) is 4.94. The first-order valence-corrected chi connectivity index (χ1v) is 8.43. The largest absolute Gasteiger partial charge is 0.387 e. The molecule has 3 rings (SSSR count). The zero-order chi connectivity index (χ0) is 14.7. The van der Waals surface area contributed by atoms with Crippen LogP contribution < -0.4 is 0 Å². The van der Waals surface area contributed by atoms with Gasteiger partial charge in [0.1, 0.15) is 0 Å². The minimum Gasteiger partial charge on any atom is -0.387 e. The molecule has 1 aromatic carbocycles. The summed E-state index contributed by atoms with van der Waals surface area (Å²) in [5.41, 5.74) is 2.29. The minimum absolute atomic E-state index is 0.356. The van der Waals surface area contributed by atoms with E-state index in [1.54, 1.807) is 0 Å². The molecule has 2 saturated heterocycles. The fourth-order valence-electron chi connectivity index (χ4n) is 3.70. The van der Waals surface area contributed by atoms with Crippen LogP contribution in [0.2, 0.25) is 0 Å². The van der Waals surface area contributed by atoms with Gasteiger partial charge in [-0.2, -0.15) is 0 Å². The van der Waals surface area contributed by atoms with Gasteiger partial charge in [0.2, 0.25) is 0 Å². The quantitative estimate of drug-likeness (QED) is 0.922. The van der Waals surface area contributed by atoms with E-state index >= 15 is 0 Å². The molecule has 2 atom stereocenters. The first kappa shape index (κ1) is 15.0. The highest BCUT2D eigenvalue weighted by Gasteiger charge is 2.29. The molecule has 2 fully saturated rings. The Balaban J connectivity index is 1.50. The van der Waals surface area contributed by atoms with Gasteiger partial charge in [-0.15, -0.1) is 0 Å². The molecule has 2 aliphatic rings. The van der Waals surface area contributed by atoms with E-state index in [4.69, 9.17) is 0 Å². The van der Waals surface area contributed by atoms with Gasteiger partial charge in [0.15, 0.2) is 0 Å². The molecule has 2 aliphatic heterocycles. The SMILES string of the molecule is Cc1ccc(C(O)CN2CCC(N3CCCCC3)C2)cc1. The van der Waals surface area contributed by atoms with Gasteiger partial charge in [-0.05, 0) is 51.4 Å². The molecule has 3 heteroatoms. The summed E-state index contributed by atoms with van der Waals surface area (Å²) >= 11 is 0. The van der Waals surface area contributed by atoms with E-state index in [1.165, 1.54) is 44.3 Å². The Morgan fingerprint density at radius 3 is 2.52 bits per heavy atom. The summed E-state index contributed by atoms with van der Waals surface area (Å²) < 4.78 is 0. The number of likely N-dealkylation sites (tertiary alicyclic amines) is 2. The van der Waals surface area contributed by atoms with Crippen molar-refractivity contribution in [1.82, 2.24) is 9.80 Å². The molecule has 0 radical (unpaired) electrons. The summed E-state index contributed by atoms with van der Waals surface area (Å²) in [5, 5.41) is 10.4. The molecular weight excluding hydrogens is 260 g/mol. The number of aryl methyl sites for hydroxylation is 1. The van der Waals surface area contributed by atoms with Crippen molar-refractivity contribution >= 4 is 0 Å². The summed E-state index contributed by atoms with van der Waals surface area (Å²) in [4.78, 5) is 5.10. The standard InChI is InChI=1S/C18H28N2O/c1-15-5-7-16(8-6-15)18(21)14-19-12-9-17(13-19)20-10-3-2-4-11-20/h5-8,17-18,21H,2-4,9-14H2,1H3. The van der Waals surface area contributed by atoms with Crippen LogP contribution in [0.3, 0.4) is 0 Å². The number of aliphatic hydroxyl groups excluding tert-OH is 1. The highest BCUT2D eigenvalue weighted by atomic mass is 16.3. The molecule has 0 bridgehead atoms. The summed E-state index contributed by atoms with van der Waals surface area (Å²) in [6.45, 7) is 7.66. The zero-order valence-electron chi connectivity index (χ0n) is 13.2. The smallest absolute Gasteiger partial charge is 0.0916 e. The Morgan fingerprint density at radius 1 is 1.10 bits per heavy atom. The second-order valence-electron chi connectivity index (χ2n) is 6.73. The lowest BCUT2D eigenvalue weighted by Gasteiger charge is -2.32. The molecule has 116 valence electrons. The van der Waals surface area contributed by atoms with Crippen molar-refractivity contribution in [3.63, 3.8) is 0 Å². The first-order valence-electron chi connectivity index (χ1n) is 8.43. The Hall–Kier alpha value is -0.900. The number of piperidine rings is 1. The maximum absolute atomic E-state index is 10.4. The Morgan fingerprint density at radius 2 is 1.81 bits per heavy atom. The first-order chi connectivity index (χ1) is 10.2. The number of β-amino-alcohol motifs (C(OH)–C–C–N with tert-alkyl or cyclic N) is 1. The molecule has 1 aromatic rings. The van der Waals surface area contributed by atoms with Gasteiger partial charge in [-0.3, -0.25) is 9.80 Å². The number of benzene rings is 1. The van der Waals surface area contributed by atoms with E-state index in [2.05, 4.69) is 41.0 Å². The predicted molar refractivity (Wildman–Crippen MR) is 86.4 cm³/mol. The maximum Gasteiger partial charge on any atom is 0.0916 e. The van der Waals surface area contributed by atoms with Crippen molar-refractivity contribution in [2.75, 3.05) is 32.7 Å².